The van der Waals surface area contributed by atoms with E-state index in [1.165, 1.54) is 38.5 Å². The number of nitrogens with zero attached hydrogens (tertiary/aromatic N) is 2. The van der Waals surface area contributed by atoms with Crippen LogP contribution in [0.15, 0.2) is 36.7 Å². The second kappa shape index (κ2) is 17.8. The summed E-state index contributed by atoms with van der Waals surface area (Å²) in [4.78, 5) is 8.72. The summed E-state index contributed by atoms with van der Waals surface area (Å²) < 4.78 is 205. The second-order valence-electron chi connectivity index (χ2n) is 11.5. The minimum Gasteiger partial charge on any atom is -0.372 e. The van der Waals surface area contributed by atoms with Gasteiger partial charge in [-0.2, -0.15) is 65.9 Å². The van der Waals surface area contributed by atoms with Crippen LogP contribution in [0, 0.1) is 0 Å². The van der Waals surface area contributed by atoms with Gasteiger partial charge < -0.3 is 4.74 Å². The maximum absolute atomic E-state index is 13.8. The number of benzene rings is 1. The van der Waals surface area contributed by atoms with E-state index in [4.69, 9.17) is 0 Å². The summed E-state index contributed by atoms with van der Waals surface area (Å²) in [6.45, 7) is -0.704. The molecule has 0 aliphatic heterocycles. The first-order chi connectivity index (χ1) is 23.4. The molecule has 0 saturated heterocycles. The maximum atomic E-state index is 13.8. The molecule has 0 amide bonds. The van der Waals surface area contributed by atoms with Crippen molar-refractivity contribution in [1.29, 1.82) is 0 Å². The van der Waals surface area contributed by atoms with Gasteiger partial charge in [0, 0.05) is 24.6 Å². The highest BCUT2D eigenvalue weighted by molar-refractivity contribution is 5.55. The minimum absolute atomic E-state index is 0.0657. The standard InChI is InChI=1S/C31H35F15N2O3/c1-2-3-4-5-6-7-8-9-11-22-18-47-24(48-19-22)23-15-13-21(14-16-23)12-10-17-49-20-25(32,33)50-30(43,44)31(45,46)51-29(41,42)27(36,37)26(34,35)28(38,39)40/h13-16,18-19H,2-12,17,20H2,1H3. The van der Waals surface area contributed by atoms with Crippen LogP contribution >= 0.6 is 0 Å². The predicted molar refractivity (Wildman–Crippen MR) is 151 cm³/mol. The molecule has 0 N–H and O–H groups in total. The lowest BCUT2D eigenvalue weighted by Gasteiger charge is -2.36. The fraction of sp³-hybridized carbons (Fsp3) is 0.677. The van der Waals surface area contributed by atoms with Crippen molar-refractivity contribution in [3.63, 3.8) is 0 Å². The van der Waals surface area contributed by atoms with Crippen molar-refractivity contribution in [3.05, 3.63) is 47.8 Å². The van der Waals surface area contributed by atoms with Crippen molar-refractivity contribution in [2.45, 2.75) is 120 Å². The van der Waals surface area contributed by atoms with Gasteiger partial charge in [0.1, 0.15) is 6.61 Å². The minimum atomic E-state index is -7.91. The average Bonchev–Trinajstić information content (AvgIpc) is 3.01. The van der Waals surface area contributed by atoms with Crippen LogP contribution < -0.4 is 0 Å². The third kappa shape index (κ3) is 12.4. The normalized spacial score (nSPS) is 14.0. The molecule has 51 heavy (non-hydrogen) atoms. The molecule has 20 heteroatoms. The first kappa shape index (κ1) is 44.3. The van der Waals surface area contributed by atoms with Crippen molar-refractivity contribution in [2.75, 3.05) is 13.2 Å². The molecule has 0 aliphatic rings. The van der Waals surface area contributed by atoms with E-state index in [9.17, 15) is 65.9 Å². The average molecular weight is 769 g/mol. The Labute approximate surface area is 282 Å². The Hall–Kier alpha value is -2.87. The van der Waals surface area contributed by atoms with E-state index >= 15 is 0 Å². The first-order valence-electron chi connectivity index (χ1n) is 15.6. The predicted octanol–water partition coefficient (Wildman–Crippen LogP) is 11.0. The van der Waals surface area contributed by atoms with E-state index in [2.05, 4.69) is 26.4 Å². The molecule has 0 bridgehead atoms. The quantitative estimate of drug-likeness (QED) is 0.0832. The van der Waals surface area contributed by atoms with E-state index in [0.717, 1.165) is 24.8 Å². The van der Waals surface area contributed by atoms with Crippen LogP contribution in [0.3, 0.4) is 0 Å². The summed E-state index contributed by atoms with van der Waals surface area (Å²) in [7, 11) is 0. The molecule has 0 aliphatic carbocycles. The maximum Gasteiger partial charge on any atom is 0.460 e. The van der Waals surface area contributed by atoms with Gasteiger partial charge in [-0.25, -0.2) is 19.4 Å². The summed E-state index contributed by atoms with van der Waals surface area (Å²) in [6.07, 6.45) is -21.1. The van der Waals surface area contributed by atoms with Gasteiger partial charge in [0.25, 0.3) is 0 Å². The molecule has 0 spiro atoms. The van der Waals surface area contributed by atoms with Crippen LogP contribution in [0.4, 0.5) is 65.9 Å². The highest BCUT2D eigenvalue weighted by Gasteiger charge is 2.85. The number of aromatic nitrogens is 2. The van der Waals surface area contributed by atoms with Gasteiger partial charge in [-0.1, -0.05) is 76.1 Å². The number of hydrogen-bond donors (Lipinski definition) is 0. The molecule has 0 unspecified atom stereocenters. The summed E-state index contributed by atoms with van der Waals surface area (Å²) in [5.74, 6) is -15.3. The SMILES string of the molecule is CCCCCCCCCCc1cnc(-c2ccc(CCCOCC(F)(F)OC(F)(F)C(F)(F)OC(F)(F)C(F)(F)C(F)(F)C(F)(F)F)cc2)nc1. The van der Waals surface area contributed by atoms with Gasteiger partial charge in [0.15, 0.2) is 5.82 Å². The molecule has 292 valence electrons. The van der Waals surface area contributed by atoms with E-state index in [0.29, 0.717) is 17.0 Å². The van der Waals surface area contributed by atoms with Crippen molar-refractivity contribution < 1.29 is 80.1 Å². The summed E-state index contributed by atoms with van der Waals surface area (Å²) in [5, 5.41) is 0. The zero-order valence-electron chi connectivity index (χ0n) is 26.9. The Bertz CT molecular complexity index is 1320. The monoisotopic (exact) mass is 768 g/mol. The van der Waals surface area contributed by atoms with Crippen molar-refractivity contribution in [2.24, 2.45) is 0 Å². The van der Waals surface area contributed by atoms with E-state index in [1.54, 1.807) is 41.4 Å². The van der Waals surface area contributed by atoms with Crippen molar-refractivity contribution >= 4 is 0 Å². The van der Waals surface area contributed by atoms with Gasteiger partial charge >= 0.3 is 42.5 Å². The lowest BCUT2D eigenvalue weighted by Crippen LogP contribution is -2.64. The number of hydrogen-bond acceptors (Lipinski definition) is 5. The van der Waals surface area contributed by atoms with Crippen LogP contribution in [0.25, 0.3) is 11.4 Å². The highest BCUT2D eigenvalue weighted by atomic mass is 19.4. The Balaban J connectivity index is 1.82. The lowest BCUT2D eigenvalue weighted by molar-refractivity contribution is -0.543. The molecular formula is C31H35F15N2O3. The molecule has 1 aromatic heterocycles. The molecule has 1 aromatic carbocycles. The van der Waals surface area contributed by atoms with Crippen LogP contribution in [-0.4, -0.2) is 65.6 Å². The van der Waals surface area contributed by atoms with Crippen LogP contribution in [0.1, 0.15) is 75.8 Å². The Morgan fingerprint density at radius 1 is 0.529 bits per heavy atom. The number of unbranched alkanes of at least 4 members (excludes halogenated alkanes) is 7. The summed E-state index contributed by atoms with van der Waals surface area (Å²) in [6, 6.07) is 6.61. The zero-order valence-corrected chi connectivity index (χ0v) is 26.9. The van der Waals surface area contributed by atoms with Crippen LogP contribution in [-0.2, 0) is 27.1 Å². The largest absolute Gasteiger partial charge is 0.460 e. The Morgan fingerprint density at radius 2 is 1.02 bits per heavy atom. The van der Waals surface area contributed by atoms with E-state index in [1.807, 2.05) is 0 Å². The number of aryl methyl sites for hydroxylation is 2. The number of rotatable bonds is 23. The third-order valence-electron chi connectivity index (χ3n) is 7.25. The van der Waals surface area contributed by atoms with E-state index in [-0.39, 0.29) is 12.8 Å². The number of alkyl halides is 15. The van der Waals surface area contributed by atoms with Gasteiger partial charge in [0.05, 0.1) is 0 Å². The van der Waals surface area contributed by atoms with Crippen LogP contribution in [0.2, 0.25) is 0 Å². The molecular weight excluding hydrogens is 733 g/mol. The molecule has 0 radical (unpaired) electrons. The topological polar surface area (TPSA) is 53.5 Å². The molecule has 0 fully saturated rings. The Morgan fingerprint density at radius 3 is 1.55 bits per heavy atom. The second-order valence-corrected chi connectivity index (χ2v) is 11.5. The molecule has 0 atom stereocenters. The highest BCUT2D eigenvalue weighted by Crippen LogP contribution is 2.56. The smallest absolute Gasteiger partial charge is 0.372 e. The van der Waals surface area contributed by atoms with Gasteiger partial charge in [-0.3, -0.25) is 0 Å². The number of ether oxygens (including phenoxy) is 3. The van der Waals surface area contributed by atoms with Gasteiger partial charge in [0.2, 0.25) is 0 Å². The van der Waals surface area contributed by atoms with Gasteiger partial charge in [-0.05, 0) is 36.8 Å². The van der Waals surface area contributed by atoms with E-state index < -0.39 is 55.7 Å². The Kier molecular flexibility index (Phi) is 15.4. The summed E-state index contributed by atoms with van der Waals surface area (Å²) >= 11 is 0. The molecule has 2 aromatic rings. The van der Waals surface area contributed by atoms with Crippen molar-refractivity contribution in [1.82, 2.24) is 9.97 Å². The molecule has 5 nitrogen and oxygen atoms in total. The lowest BCUT2D eigenvalue weighted by atomic mass is 10.1. The molecule has 1 heterocycles. The van der Waals surface area contributed by atoms with Crippen molar-refractivity contribution in [3.8, 4) is 11.4 Å². The molecule has 0 saturated carbocycles. The first-order valence-corrected chi connectivity index (χ1v) is 15.6. The zero-order chi connectivity index (χ0) is 38.8. The fourth-order valence-corrected chi connectivity index (χ4v) is 4.41. The molecule has 2 rings (SSSR count). The third-order valence-corrected chi connectivity index (χ3v) is 7.25. The summed E-state index contributed by atoms with van der Waals surface area (Å²) in [5.41, 5.74) is 2.28. The van der Waals surface area contributed by atoms with Gasteiger partial charge in [-0.15, -0.1) is 0 Å². The fourth-order valence-electron chi connectivity index (χ4n) is 4.41. The van der Waals surface area contributed by atoms with Crippen LogP contribution in [0.5, 0.6) is 0 Å². The number of halogens is 15.